The fourth-order valence-electron chi connectivity index (χ4n) is 3.53. The van der Waals surface area contributed by atoms with Crippen LogP contribution in [0.4, 0.5) is 0 Å². The zero-order valence-corrected chi connectivity index (χ0v) is 19.7. The molecule has 0 amide bonds. The normalized spacial score (nSPS) is 11.5. The zero-order chi connectivity index (χ0) is 22.6. The zero-order valence-electron chi connectivity index (χ0n) is 19.7. The van der Waals surface area contributed by atoms with Crippen LogP contribution in [0.1, 0.15) is 109 Å². The molecule has 0 aliphatic heterocycles. The molecule has 31 heavy (non-hydrogen) atoms. The number of rotatable bonds is 20. The molecule has 0 heterocycles. The second-order valence-corrected chi connectivity index (χ2v) is 8.32. The van der Waals surface area contributed by atoms with E-state index in [0.29, 0.717) is 12.3 Å². The number of carboxylic acids is 1. The summed E-state index contributed by atoms with van der Waals surface area (Å²) in [4.78, 5) is 15.3. The number of aliphatic carboxylic acids is 1. The third-order valence-corrected chi connectivity index (χ3v) is 5.41. The van der Waals surface area contributed by atoms with E-state index >= 15 is 0 Å². The van der Waals surface area contributed by atoms with Crippen molar-refractivity contribution in [3.8, 4) is 5.75 Å². The fraction of sp³-hybridized carbons (Fsp3) is 0.692. The van der Waals surface area contributed by atoms with Crippen LogP contribution in [0.15, 0.2) is 29.4 Å². The van der Waals surface area contributed by atoms with Gasteiger partial charge in [-0.1, -0.05) is 108 Å². The molecule has 0 unspecified atom stereocenters. The fourth-order valence-corrected chi connectivity index (χ4v) is 3.53. The summed E-state index contributed by atoms with van der Waals surface area (Å²) in [7, 11) is 0. The first-order valence-electron chi connectivity index (χ1n) is 12.2. The van der Waals surface area contributed by atoms with Crippen molar-refractivity contribution in [3.63, 3.8) is 0 Å². The van der Waals surface area contributed by atoms with Crippen molar-refractivity contribution < 1.29 is 19.5 Å². The van der Waals surface area contributed by atoms with Crippen molar-refractivity contribution >= 4 is 11.7 Å². The summed E-state index contributed by atoms with van der Waals surface area (Å²) in [6.07, 6.45) is 18.9. The summed E-state index contributed by atoms with van der Waals surface area (Å²) in [5.74, 6) is -0.234. The van der Waals surface area contributed by atoms with E-state index in [1.54, 1.807) is 6.92 Å². The summed E-state index contributed by atoms with van der Waals surface area (Å²) in [6.45, 7) is 4.34. The van der Waals surface area contributed by atoms with Gasteiger partial charge in [0.05, 0.1) is 12.3 Å². The monoisotopic (exact) mass is 433 g/mol. The maximum absolute atomic E-state index is 10.5. The topological polar surface area (TPSA) is 68.1 Å². The summed E-state index contributed by atoms with van der Waals surface area (Å²) in [6, 6.07) is 7.65. The number of carboxylic acid groups (broad SMARTS) is 1. The highest BCUT2D eigenvalue weighted by molar-refractivity contribution is 5.98. The van der Waals surface area contributed by atoms with Crippen LogP contribution in [0, 0.1) is 0 Å². The van der Waals surface area contributed by atoms with Crippen LogP contribution in [0.3, 0.4) is 0 Å². The van der Waals surface area contributed by atoms with E-state index in [1.165, 1.54) is 83.5 Å². The molecule has 5 nitrogen and oxygen atoms in total. The SMILES string of the molecule is CCCCCCCCCCCCCCCCOc1cccc(/C(C)=N/OCC(=O)O)c1. The molecule has 0 saturated heterocycles. The second-order valence-electron chi connectivity index (χ2n) is 8.32. The molecule has 1 aromatic rings. The van der Waals surface area contributed by atoms with Crippen LogP contribution in [0.2, 0.25) is 0 Å². The molecule has 0 saturated carbocycles. The predicted molar refractivity (Wildman–Crippen MR) is 128 cm³/mol. The quantitative estimate of drug-likeness (QED) is 0.132. The van der Waals surface area contributed by atoms with Crippen LogP contribution in [0.5, 0.6) is 5.75 Å². The van der Waals surface area contributed by atoms with Gasteiger partial charge in [-0.15, -0.1) is 0 Å². The number of unbranched alkanes of at least 4 members (excludes halogenated alkanes) is 13. The Bertz CT molecular complexity index is 615. The highest BCUT2D eigenvalue weighted by Gasteiger charge is 2.02. The summed E-state index contributed by atoms with van der Waals surface area (Å²) < 4.78 is 5.86. The van der Waals surface area contributed by atoms with Gasteiger partial charge >= 0.3 is 5.97 Å². The van der Waals surface area contributed by atoms with E-state index < -0.39 is 12.6 Å². The Morgan fingerprint density at radius 1 is 0.871 bits per heavy atom. The smallest absolute Gasteiger partial charge is 0.344 e. The summed E-state index contributed by atoms with van der Waals surface area (Å²) in [5, 5.41) is 12.4. The number of hydrogen-bond donors (Lipinski definition) is 1. The van der Waals surface area contributed by atoms with E-state index in [9.17, 15) is 4.79 Å². The molecule has 1 N–H and O–H groups in total. The number of benzene rings is 1. The molecule has 0 spiro atoms. The van der Waals surface area contributed by atoms with E-state index in [4.69, 9.17) is 14.7 Å². The minimum Gasteiger partial charge on any atom is -0.494 e. The van der Waals surface area contributed by atoms with Crippen LogP contribution in [-0.4, -0.2) is 30.0 Å². The van der Waals surface area contributed by atoms with Crippen LogP contribution >= 0.6 is 0 Å². The molecular weight excluding hydrogens is 390 g/mol. The van der Waals surface area contributed by atoms with Crippen molar-refractivity contribution in [3.05, 3.63) is 29.8 Å². The molecule has 1 rings (SSSR count). The first kappa shape index (κ1) is 27.0. The lowest BCUT2D eigenvalue weighted by atomic mass is 10.0. The molecule has 176 valence electrons. The highest BCUT2D eigenvalue weighted by Crippen LogP contribution is 2.16. The van der Waals surface area contributed by atoms with Gasteiger partial charge in [0.15, 0.2) is 0 Å². The molecule has 0 radical (unpaired) electrons. The number of ether oxygens (including phenoxy) is 1. The van der Waals surface area contributed by atoms with Crippen LogP contribution in [-0.2, 0) is 9.63 Å². The predicted octanol–water partition coefficient (Wildman–Crippen LogP) is 7.37. The van der Waals surface area contributed by atoms with Gasteiger partial charge in [0.25, 0.3) is 0 Å². The largest absolute Gasteiger partial charge is 0.494 e. The van der Waals surface area contributed by atoms with Gasteiger partial charge in [0.1, 0.15) is 5.75 Å². The average Bonchev–Trinajstić information content (AvgIpc) is 2.76. The number of nitrogens with zero attached hydrogens (tertiary/aromatic N) is 1. The maximum atomic E-state index is 10.5. The molecule has 0 aromatic heterocycles. The first-order valence-corrected chi connectivity index (χ1v) is 12.2. The Morgan fingerprint density at radius 2 is 1.42 bits per heavy atom. The number of carbonyl (C=O) groups is 1. The van der Waals surface area contributed by atoms with Crippen molar-refractivity contribution in [1.82, 2.24) is 0 Å². The van der Waals surface area contributed by atoms with E-state index in [0.717, 1.165) is 17.7 Å². The van der Waals surface area contributed by atoms with Crippen molar-refractivity contribution in [2.75, 3.05) is 13.2 Å². The van der Waals surface area contributed by atoms with Gasteiger partial charge < -0.3 is 14.7 Å². The molecule has 0 atom stereocenters. The Labute approximate surface area is 189 Å². The molecule has 1 aromatic carbocycles. The van der Waals surface area contributed by atoms with Gasteiger partial charge in [-0.05, 0) is 25.5 Å². The summed E-state index contributed by atoms with van der Waals surface area (Å²) in [5.41, 5.74) is 1.49. The lowest BCUT2D eigenvalue weighted by molar-refractivity contribution is -0.142. The van der Waals surface area contributed by atoms with E-state index in [2.05, 4.69) is 12.1 Å². The molecule has 0 aliphatic carbocycles. The molecule has 5 heteroatoms. The Morgan fingerprint density at radius 3 is 1.97 bits per heavy atom. The number of hydrogen-bond acceptors (Lipinski definition) is 4. The second kappa shape index (κ2) is 18.7. The molecular formula is C26H43NO4. The van der Waals surface area contributed by atoms with Crippen molar-refractivity contribution in [1.29, 1.82) is 0 Å². The van der Waals surface area contributed by atoms with E-state index in [1.807, 2.05) is 24.3 Å². The molecule has 0 bridgehead atoms. The lowest BCUT2D eigenvalue weighted by Crippen LogP contribution is -2.05. The number of oxime groups is 1. The van der Waals surface area contributed by atoms with Crippen molar-refractivity contribution in [2.45, 2.75) is 104 Å². The Kier molecular flexibility index (Phi) is 16.3. The first-order chi connectivity index (χ1) is 15.1. The molecule has 0 aliphatic rings. The minimum absolute atomic E-state index is 0.438. The van der Waals surface area contributed by atoms with Crippen LogP contribution in [0.25, 0.3) is 0 Å². The van der Waals surface area contributed by atoms with Gasteiger partial charge in [-0.2, -0.15) is 0 Å². The molecule has 0 fully saturated rings. The third kappa shape index (κ3) is 15.4. The van der Waals surface area contributed by atoms with Gasteiger partial charge in [0.2, 0.25) is 6.61 Å². The highest BCUT2D eigenvalue weighted by atomic mass is 16.6. The maximum Gasteiger partial charge on any atom is 0.344 e. The van der Waals surface area contributed by atoms with Crippen molar-refractivity contribution in [2.24, 2.45) is 5.16 Å². The summed E-state index contributed by atoms with van der Waals surface area (Å²) >= 11 is 0. The average molecular weight is 434 g/mol. The Balaban J connectivity index is 2.01. The van der Waals surface area contributed by atoms with Gasteiger partial charge in [0, 0.05) is 5.56 Å². The lowest BCUT2D eigenvalue weighted by Gasteiger charge is -2.08. The van der Waals surface area contributed by atoms with Crippen LogP contribution < -0.4 is 4.74 Å². The minimum atomic E-state index is -1.04. The third-order valence-electron chi connectivity index (χ3n) is 5.41. The van der Waals surface area contributed by atoms with Gasteiger partial charge in [-0.25, -0.2) is 4.79 Å². The standard InChI is InChI=1S/C26H43NO4/c1-3-4-5-6-7-8-9-10-11-12-13-14-15-16-20-30-25-19-17-18-24(21-25)23(2)27-31-22-26(28)29/h17-19,21H,3-16,20,22H2,1-2H3,(H,28,29)/b27-23+. The van der Waals surface area contributed by atoms with Gasteiger partial charge in [-0.3, -0.25) is 0 Å². The van der Waals surface area contributed by atoms with E-state index in [-0.39, 0.29) is 0 Å². The Hall–Kier alpha value is -2.04.